The molecule has 0 N–H and O–H groups in total. The van der Waals surface area contributed by atoms with E-state index in [1.54, 1.807) is 13.0 Å². The van der Waals surface area contributed by atoms with E-state index >= 15 is 0 Å². The molecule has 116 valence electrons. The van der Waals surface area contributed by atoms with Crippen LogP contribution in [-0.4, -0.2) is 34.1 Å². The minimum Gasteiger partial charge on any atom is -0.329 e. The maximum atomic E-state index is 12.7. The van der Waals surface area contributed by atoms with Crippen LogP contribution >= 0.6 is 0 Å². The molecule has 1 saturated carbocycles. The fourth-order valence-corrected chi connectivity index (χ4v) is 2.31. The Kier molecular flexibility index (Phi) is 4.39. The van der Waals surface area contributed by atoms with Crippen molar-refractivity contribution in [2.45, 2.75) is 38.5 Å². The standard InChI is InChI=1S/C14H17F3N2O2/c1-10(11-5-6-11)19(9-14(15,16)17)13(21)8-18-7-3-2-4-12(18)20/h2-4,7,10-11H,5-6,8-9H2,1H3/t10-/m1/s1. The Balaban J connectivity index is 2.13. The van der Waals surface area contributed by atoms with Gasteiger partial charge in [-0.2, -0.15) is 13.2 Å². The summed E-state index contributed by atoms with van der Waals surface area (Å²) in [6.07, 6.45) is -1.36. The minimum absolute atomic E-state index is 0.129. The first-order valence-corrected chi connectivity index (χ1v) is 6.79. The molecule has 1 amide bonds. The molecule has 1 atom stereocenters. The number of rotatable bonds is 5. The Bertz CT molecular complexity index is 564. The summed E-state index contributed by atoms with van der Waals surface area (Å²) in [5.74, 6) is -0.552. The summed E-state index contributed by atoms with van der Waals surface area (Å²) in [5.41, 5.74) is -0.406. The third-order valence-corrected chi connectivity index (χ3v) is 3.67. The fraction of sp³-hybridized carbons (Fsp3) is 0.571. The maximum absolute atomic E-state index is 12.7. The van der Waals surface area contributed by atoms with Crippen molar-refractivity contribution in [3.8, 4) is 0 Å². The van der Waals surface area contributed by atoms with Gasteiger partial charge >= 0.3 is 6.18 Å². The van der Waals surface area contributed by atoms with E-state index in [9.17, 15) is 22.8 Å². The van der Waals surface area contributed by atoms with E-state index in [0.29, 0.717) is 0 Å². The van der Waals surface area contributed by atoms with Crippen LogP contribution in [0.5, 0.6) is 0 Å². The second-order valence-corrected chi connectivity index (χ2v) is 5.38. The molecule has 0 unspecified atom stereocenters. The highest BCUT2D eigenvalue weighted by molar-refractivity contribution is 5.76. The van der Waals surface area contributed by atoms with Gasteiger partial charge in [-0.15, -0.1) is 0 Å². The first kappa shape index (κ1) is 15.6. The average Bonchev–Trinajstić information content (AvgIpc) is 3.21. The molecule has 0 spiro atoms. The SMILES string of the molecule is C[C@H](C1CC1)N(CC(F)(F)F)C(=O)Cn1ccccc1=O. The molecule has 1 fully saturated rings. The van der Waals surface area contributed by atoms with Crippen LogP contribution in [0.25, 0.3) is 0 Å². The predicted molar refractivity (Wildman–Crippen MR) is 70.7 cm³/mol. The summed E-state index contributed by atoms with van der Waals surface area (Å²) in [4.78, 5) is 24.6. The average molecular weight is 302 g/mol. The molecule has 0 saturated heterocycles. The van der Waals surface area contributed by atoms with Crippen LogP contribution in [0.3, 0.4) is 0 Å². The van der Waals surface area contributed by atoms with Crippen LogP contribution < -0.4 is 5.56 Å². The molecule has 4 nitrogen and oxygen atoms in total. The molecule has 0 aromatic carbocycles. The van der Waals surface area contributed by atoms with Gasteiger partial charge in [0.15, 0.2) is 0 Å². The van der Waals surface area contributed by atoms with Crippen molar-refractivity contribution < 1.29 is 18.0 Å². The number of carbonyl (C=O) groups is 1. The molecule has 2 rings (SSSR count). The number of pyridine rings is 1. The normalized spacial score (nSPS) is 16.6. The molecule has 1 aromatic heterocycles. The zero-order valence-corrected chi connectivity index (χ0v) is 11.6. The van der Waals surface area contributed by atoms with Crippen molar-refractivity contribution >= 4 is 5.91 Å². The van der Waals surface area contributed by atoms with Crippen molar-refractivity contribution in [2.75, 3.05) is 6.54 Å². The Morgan fingerprint density at radius 2 is 2.10 bits per heavy atom. The lowest BCUT2D eigenvalue weighted by Gasteiger charge is -2.30. The van der Waals surface area contributed by atoms with E-state index in [2.05, 4.69) is 0 Å². The number of nitrogens with zero attached hydrogens (tertiary/aromatic N) is 2. The van der Waals surface area contributed by atoms with Crippen LogP contribution in [0.1, 0.15) is 19.8 Å². The Labute approximate surface area is 120 Å². The first-order valence-electron chi connectivity index (χ1n) is 6.79. The smallest absolute Gasteiger partial charge is 0.329 e. The second kappa shape index (κ2) is 5.91. The lowest BCUT2D eigenvalue weighted by Crippen LogP contribution is -2.47. The van der Waals surface area contributed by atoms with Gasteiger partial charge in [0.1, 0.15) is 13.1 Å². The number of aromatic nitrogens is 1. The van der Waals surface area contributed by atoms with E-state index in [0.717, 1.165) is 22.3 Å². The van der Waals surface area contributed by atoms with Gasteiger partial charge in [-0.25, -0.2) is 0 Å². The third kappa shape index (κ3) is 4.34. The number of hydrogen-bond donors (Lipinski definition) is 0. The van der Waals surface area contributed by atoms with Gasteiger partial charge in [0.25, 0.3) is 5.56 Å². The van der Waals surface area contributed by atoms with Crippen molar-refractivity contribution in [1.82, 2.24) is 9.47 Å². The molecule has 0 radical (unpaired) electrons. The summed E-state index contributed by atoms with van der Waals surface area (Å²) in [5, 5.41) is 0. The van der Waals surface area contributed by atoms with Crippen LogP contribution in [0.2, 0.25) is 0 Å². The van der Waals surface area contributed by atoms with Crippen molar-refractivity contribution in [1.29, 1.82) is 0 Å². The lowest BCUT2D eigenvalue weighted by atomic mass is 10.1. The van der Waals surface area contributed by atoms with Gasteiger partial charge in [-0.3, -0.25) is 9.59 Å². The number of carbonyl (C=O) groups excluding carboxylic acids is 1. The third-order valence-electron chi connectivity index (χ3n) is 3.67. The number of halogens is 3. The largest absolute Gasteiger partial charge is 0.406 e. The van der Waals surface area contributed by atoms with Crippen molar-refractivity contribution in [3.05, 3.63) is 34.7 Å². The number of amides is 1. The van der Waals surface area contributed by atoms with E-state index in [-0.39, 0.29) is 12.5 Å². The van der Waals surface area contributed by atoms with Gasteiger partial charge in [-0.1, -0.05) is 6.07 Å². The summed E-state index contributed by atoms with van der Waals surface area (Å²) in [6, 6.07) is 3.89. The molecular formula is C14H17F3N2O2. The zero-order chi connectivity index (χ0) is 15.6. The van der Waals surface area contributed by atoms with Crippen LogP contribution in [0.4, 0.5) is 13.2 Å². The summed E-state index contributed by atoms with van der Waals surface area (Å²) in [7, 11) is 0. The Morgan fingerprint density at radius 3 is 2.62 bits per heavy atom. The second-order valence-electron chi connectivity index (χ2n) is 5.38. The van der Waals surface area contributed by atoms with Crippen LogP contribution in [0, 0.1) is 5.92 Å². The highest BCUT2D eigenvalue weighted by Gasteiger charge is 2.40. The number of hydrogen-bond acceptors (Lipinski definition) is 2. The van der Waals surface area contributed by atoms with Gasteiger partial charge in [0.05, 0.1) is 0 Å². The van der Waals surface area contributed by atoms with Gasteiger partial charge in [0.2, 0.25) is 5.91 Å². The van der Waals surface area contributed by atoms with E-state index in [1.807, 2.05) is 0 Å². The Morgan fingerprint density at radius 1 is 1.43 bits per heavy atom. The maximum Gasteiger partial charge on any atom is 0.406 e. The predicted octanol–water partition coefficient (Wildman–Crippen LogP) is 2.04. The Hall–Kier alpha value is -1.79. The molecule has 1 heterocycles. The van der Waals surface area contributed by atoms with Gasteiger partial charge in [0, 0.05) is 18.3 Å². The van der Waals surface area contributed by atoms with E-state index < -0.39 is 30.2 Å². The molecular weight excluding hydrogens is 285 g/mol. The lowest BCUT2D eigenvalue weighted by molar-refractivity contribution is -0.166. The molecule has 21 heavy (non-hydrogen) atoms. The van der Waals surface area contributed by atoms with Crippen LogP contribution in [-0.2, 0) is 11.3 Å². The molecule has 7 heteroatoms. The molecule has 0 bridgehead atoms. The van der Waals surface area contributed by atoms with Gasteiger partial charge in [-0.05, 0) is 31.7 Å². The minimum atomic E-state index is -4.44. The van der Waals surface area contributed by atoms with Crippen molar-refractivity contribution in [3.63, 3.8) is 0 Å². The zero-order valence-electron chi connectivity index (χ0n) is 11.6. The highest BCUT2D eigenvalue weighted by atomic mass is 19.4. The summed E-state index contributed by atoms with van der Waals surface area (Å²) in [6.45, 7) is -0.00697. The topological polar surface area (TPSA) is 42.3 Å². The molecule has 1 aliphatic carbocycles. The molecule has 1 aromatic rings. The van der Waals surface area contributed by atoms with E-state index in [4.69, 9.17) is 0 Å². The number of alkyl halides is 3. The fourth-order valence-electron chi connectivity index (χ4n) is 2.31. The van der Waals surface area contributed by atoms with Gasteiger partial charge < -0.3 is 9.47 Å². The highest BCUT2D eigenvalue weighted by Crippen LogP contribution is 2.36. The monoisotopic (exact) mass is 302 g/mol. The molecule has 0 aliphatic heterocycles. The summed E-state index contributed by atoms with van der Waals surface area (Å²) >= 11 is 0. The van der Waals surface area contributed by atoms with Crippen molar-refractivity contribution in [2.24, 2.45) is 5.92 Å². The molecule has 1 aliphatic rings. The quantitative estimate of drug-likeness (QED) is 0.835. The summed E-state index contributed by atoms with van der Waals surface area (Å²) < 4.78 is 39.1. The van der Waals surface area contributed by atoms with E-state index in [1.165, 1.54) is 18.3 Å². The first-order chi connectivity index (χ1) is 9.78. The van der Waals surface area contributed by atoms with Crippen LogP contribution in [0.15, 0.2) is 29.2 Å².